The SMILES string of the molecule is COc1ccccc1N(C)S(=O)(=O)CCCO. The van der Waals surface area contributed by atoms with Gasteiger partial charge in [-0.05, 0) is 18.6 Å². The van der Waals surface area contributed by atoms with E-state index in [9.17, 15) is 8.42 Å². The van der Waals surface area contributed by atoms with Crippen LogP contribution in [0.25, 0.3) is 0 Å². The van der Waals surface area contributed by atoms with Gasteiger partial charge in [0.2, 0.25) is 10.0 Å². The van der Waals surface area contributed by atoms with Crippen LogP contribution in [0.5, 0.6) is 5.75 Å². The van der Waals surface area contributed by atoms with Gasteiger partial charge in [0.15, 0.2) is 0 Å². The van der Waals surface area contributed by atoms with Gasteiger partial charge in [0.1, 0.15) is 5.75 Å². The van der Waals surface area contributed by atoms with Gasteiger partial charge in [-0.2, -0.15) is 0 Å². The van der Waals surface area contributed by atoms with Crippen molar-refractivity contribution in [2.75, 3.05) is 30.8 Å². The first kappa shape index (κ1) is 13.8. The number of sulfonamides is 1. The average molecular weight is 259 g/mol. The standard InChI is InChI=1S/C11H17NO4S/c1-12(17(14,15)9-5-8-13)10-6-3-4-7-11(10)16-2/h3-4,6-7,13H,5,8-9H2,1-2H3. The molecule has 0 saturated heterocycles. The van der Waals surface area contributed by atoms with Crippen molar-refractivity contribution in [2.45, 2.75) is 6.42 Å². The quantitative estimate of drug-likeness (QED) is 0.822. The van der Waals surface area contributed by atoms with Gasteiger partial charge < -0.3 is 9.84 Å². The molecule has 0 saturated carbocycles. The van der Waals surface area contributed by atoms with E-state index >= 15 is 0 Å². The molecule has 0 aliphatic heterocycles. The number of para-hydroxylation sites is 2. The summed E-state index contributed by atoms with van der Waals surface area (Å²) in [6.07, 6.45) is 0.224. The maximum Gasteiger partial charge on any atom is 0.235 e. The average Bonchev–Trinajstić information content (AvgIpc) is 2.35. The van der Waals surface area contributed by atoms with Gasteiger partial charge in [-0.15, -0.1) is 0 Å². The molecule has 0 heterocycles. The first-order valence-corrected chi connectivity index (χ1v) is 6.84. The molecule has 0 bridgehead atoms. The second-order valence-corrected chi connectivity index (χ2v) is 5.65. The first-order valence-electron chi connectivity index (χ1n) is 5.23. The van der Waals surface area contributed by atoms with Crippen molar-refractivity contribution in [1.29, 1.82) is 0 Å². The number of nitrogens with zero attached hydrogens (tertiary/aromatic N) is 1. The van der Waals surface area contributed by atoms with Crippen molar-refractivity contribution >= 4 is 15.7 Å². The summed E-state index contributed by atoms with van der Waals surface area (Å²) in [5.74, 6) is 0.417. The van der Waals surface area contributed by atoms with Crippen LogP contribution in [0, 0.1) is 0 Å². The van der Waals surface area contributed by atoms with Crippen molar-refractivity contribution in [1.82, 2.24) is 0 Å². The van der Waals surface area contributed by atoms with E-state index in [2.05, 4.69) is 0 Å². The Morgan fingerprint density at radius 3 is 2.59 bits per heavy atom. The summed E-state index contributed by atoms with van der Waals surface area (Å²) in [7, 11) is -0.445. The summed E-state index contributed by atoms with van der Waals surface area (Å²) in [6.45, 7) is -0.140. The third kappa shape index (κ3) is 3.34. The van der Waals surface area contributed by atoms with Gasteiger partial charge in [-0.1, -0.05) is 12.1 Å². The van der Waals surface area contributed by atoms with Gasteiger partial charge in [0.25, 0.3) is 0 Å². The van der Waals surface area contributed by atoms with E-state index in [0.29, 0.717) is 11.4 Å². The van der Waals surface area contributed by atoms with Crippen LogP contribution >= 0.6 is 0 Å². The fraction of sp³-hybridized carbons (Fsp3) is 0.455. The lowest BCUT2D eigenvalue weighted by molar-refractivity contribution is 0.295. The Morgan fingerprint density at radius 2 is 2.00 bits per heavy atom. The largest absolute Gasteiger partial charge is 0.495 e. The highest BCUT2D eigenvalue weighted by Crippen LogP contribution is 2.28. The molecular weight excluding hydrogens is 242 g/mol. The van der Waals surface area contributed by atoms with E-state index in [1.54, 1.807) is 24.3 Å². The number of aliphatic hydroxyl groups is 1. The van der Waals surface area contributed by atoms with Crippen LogP contribution in [0.2, 0.25) is 0 Å². The summed E-state index contributed by atoms with van der Waals surface area (Å²) >= 11 is 0. The Kier molecular flexibility index (Phi) is 4.77. The van der Waals surface area contributed by atoms with E-state index in [4.69, 9.17) is 9.84 Å². The highest BCUT2D eigenvalue weighted by Gasteiger charge is 2.20. The summed E-state index contributed by atoms with van der Waals surface area (Å²) < 4.78 is 30.1. The predicted molar refractivity (Wildman–Crippen MR) is 66.9 cm³/mol. The molecular formula is C11H17NO4S. The molecule has 96 valence electrons. The van der Waals surface area contributed by atoms with Gasteiger partial charge >= 0.3 is 0 Å². The minimum absolute atomic E-state index is 0.0853. The molecule has 1 aromatic carbocycles. The van der Waals surface area contributed by atoms with Crippen molar-refractivity contribution < 1.29 is 18.3 Å². The monoisotopic (exact) mass is 259 g/mol. The van der Waals surface area contributed by atoms with Crippen molar-refractivity contribution in [3.05, 3.63) is 24.3 Å². The van der Waals surface area contributed by atoms with Crippen LogP contribution in [-0.2, 0) is 10.0 Å². The van der Waals surface area contributed by atoms with Crippen molar-refractivity contribution in [3.63, 3.8) is 0 Å². The maximum absolute atomic E-state index is 11.9. The van der Waals surface area contributed by atoms with Crippen LogP contribution < -0.4 is 9.04 Å². The number of benzene rings is 1. The molecule has 0 fully saturated rings. The molecule has 0 aliphatic carbocycles. The van der Waals surface area contributed by atoms with Crippen LogP contribution in [0.15, 0.2) is 24.3 Å². The van der Waals surface area contributed by atoms with Crippen molar-refractivity contribution in [3.8, 4) is 5.75 Å². The Bertz CT molecular complexity index is 458. The molecule has 1 rings (SSSR count). The molecule has 1 N–H and O–H groups in total. The molecule has 6 heteroatoms. The molecule has 0 amide bonds. The number of aliphatic hydroxyl groups excluding tert-OH is 1. The molecule has 0 unspecified atom stereocenters. The molecule has 0 atom stereocenters. The number of hydrogen-bond donors (Lipinski definition) is 1. The Hall–Kier alpha value is -1.27. The van der Waals surface area contributed by atoms with Gasteiger partial charge in [0.05, 0.1) is 18.6 Å². The smallest absolute Gasteiger partial charge is 0.235 e. The van der Waals surface area contributed by atoms with E-state index in [-0.39, 0.29) is 18.8 Å². The lowest BCUT2D eigenvalue weighted by Crippen LogP contribution is -2.29. The van der Waals surface area contributed by atoms with Gasteiger partial charge in [0, 0.05) is 13.7 Å². The highest BCUT2D eigenvalue weighted by atomic mass is 32.2. The molecule has 0 spiro atoms. The maximum atomic E-state index is 11.9. The van der Waals surface area contributed by atoms with E-state index < -0.39 is 10.0 Å². The Morgan fingerprint density at radius 1 is 1.35 bits per heavy atom. The molecule has 0 aromatic heterocycles. The van der Waals surface area contributed by atoms with Crippen LogP contribution in [0.3, 0.4) is 0 Å². The molecule has 5 nitrogen and oxygen atoms in total. The van der Waals surface area contributed by atoms with Crippen molar-refractivity contribution in [2.24, 2.45) is 0 Å². The minimum atomic E-state index is -3.41. The Balaban J connectivity index is 2.99. The second kappa shape index (κ2) is 5.88. The van der Waals surface area contributed by atoms with Gasteiger partial charge in [-0.3, -0.25) is 4.31 Å². The van der Waals surface area contributed by atoms with Crippen LogP contribution in [0.1, 0.15) is 6.42 Å². The fourth-order valence-electron chi connectivity index (χ4n) is 1.42. The zero-order valence-corrected chi connectivity index (χ0v) is 10.8. The van der Waals surface area contributed by atoms with E-state index in [1.807, 2.05) is 0 Å². The van der Waals surface area contributed by atoms with E-state index in [1.165, 1.54) is 18.5 Å². The Labute approximate surface area is 102 Å². The normalized spacial score (nSPS) is 11.2. The lowest BCUT2D eigenvalue weighted by atomic mass is 10.3. The molecule has 0 aliphatic rings. The third-order valence-electron chi connectivity index (χ3n) is 2.40. The van der Waals surface area contributed by atoms with Crippen LogP contribution in [0.4, 0.5) is 5.69 Å². The summed E-state index contributed by atoms with van der Waals surface area (Å²) in [4.78, 5) is 0. The summed E-state index contributed by atoms with van der Waals surface area (Å²) in [6, 6.07) is 6.90. The number of ether oxygens (including phenoxy) is 1. The highest BCUT2D eigenvalue weighted by molar-refractivity contribution is 7.92. The number of methoxy groups -OCH3 is 1. The minimum Gasteiger partial charge on any atom is -0.495 e. The van der Waals surface area contributed by atoms with Crippen LogP contribution in [-0.4, -0.2) is 40.0 Å². The molecule has 17 heavy (non-hydrogen) atoms. The van der Waals surface area contributed by atoms with Gasteiger partial charge in [-0.25, -0.2) is 8.42 Å². The fourth-order valence-corrected chi connectivity index (χ4v) is 2.64. The zero-order chi connectivity index (χ0) is 12.9. The molecule has 0 radical (unpaired) electrons. The zero-order valence-electron chi connectivity index (χ0n) is 9.96. The lowest BCUT2D eigenvalue weighted by Gasteiger charge is -2.21. The third-order valence-corrected chi connectivity index (χ3v) is 4.24. The summed E-state index contributed by atoms with van der Waals surface area (Å²) in [5.41, 5.74) is 0.493. The number of hydrogen-bond acceptors (Lipinski definition) is 4. The molecule has 1 aromatic rings. The number of anilines is 1. The first-order chi connectivity index (χ1) is 8.03. The summed E-state index contributed by atoms with van der Waals surface area (Å²) in [5, 5.41) is 8.68. The second-order valence-electron chi connectivity index (χ2n) is 3.53. The number of rotatable bonds is 6. The van der Waals surface area contributed by atoms with E-state index in [0.717, 1.165) is 0 Å². The topological polar surface area (TPSA) is 66.8 Å². The predicted octanol–water partition coefficient (Wildman–Crippen LogP) is 0.844.